The number of hydrogen-bond donors (Lipinski definition) is 1. The minimum atomic E-state index is -0.862. The zero-order valence-corrected chi connectivity index (χ0v) is 12.9. The number of rotatable bonds is 3. The number of hydrogen-bond acceptors (Lipinski definition) is 3. The van der Waals surface area contributed by atoms with Gasteiger partial charge in [0.2, 0.25) is 0 Å². The van der Waals surface area contributed by atoms with Gasteiger partial charge in [0.05, 0.1) is 22.7 Å². The highest BCUT2D eigenvalue weighted by Gasteiger charge is 2.15. The summed E-state index contributed by atoms with van der Waals surface area (Å²) in [5.41, 5.74) is 2.90. The Balaban J connectivity index is 2.35. The summed E-state index contributed by atoms with van der Waals surface area (Å²) in [7, 11) is -0.862. The number of aromatic nitrogens is 3. The van der Waals surface area contributed by atoms with Crippen molar-refractivity contribution < 1.29 is 4.21 Å². The van der Waals surface area contributed by atoms with Crippen LogP contribution in [0, 0.1) is 4.77 Å². The lowest BCUT2D eigenvalue weighted by Gasteiger charge is -2.14. The number of nitrogens with zero attached hydrogens (tertiary/aromatic N) is 2. The molecule has 2 unspecified atom stereocenters. The highest BCUT2D eigenvalue weighted by Crippen LogP contribution is 2.26. The highest BCUT2D eigenvalue weighted by molar-refractivity contribution is 7.84. The Bertz CT molecular complexity index is 866. The van der Waals surface area contributed by atoms with Gasteiger partial charge < -0.3 is 9.55 Å². The van der Waals surface area contributed by atoms with Gasteiger partial charge in [-0.1, -0.05) is 18.2 Å². The van der Waals surface area contributed by atoms with E-state index in [9.17, 15) is 4.21 Å². The molecule has 1 N–H and O–H groups in total. The van der Waals surface area contributed by atoms with Crippen molar-refractivity contribution in [2.24, 2.45) is 0 Å². The molecule has 1 aromatic carbocycles. The predicted octanol–water partition coefficient (Wildman–Crippen LogP) is 3.19. The molecule has 0 spiro atoms. The first-order valence-corrected chi connectivity index (χ1v) is 8.49. The Hall–Kier alpha value is -1.53. The van der Waals surface area contributed by atoms with Crippen LogP contribution in [-0.2, 0) is 10.8 Å². The summed E-state index contributed by atoms with van der Waals surface area (Å²) in [6.07, 6.45) is 3.52. The number of imidazole rings is 1. The van der Waals surface area contributed by atoms with Crippen LogP contribution in [0.2, 0.25) is 0 Å². The van der Waals surface area contributed by atoms with Crippen LogP contribution in [0.1, 0.15) is 13.0 Å². The molecule has 0 amide bonds. The van der Waals surface area contributed by atoms with Crippen LogP contribution in [0.15, 0.2) is 30.5 Å². The monoisotopic (exact) mass is 305 g/mol. The van der Waals surface area contributed by atoms with Gasteiger partial charge in [-0.2, -0.15) is 0 Å². The van der Waals surface area contributed by atoms with Crippen molar-refractivity contribution in [2.45, 2.75) is 13.0 Å². The Kier molecular flexibility index (Phi) is 3.43. The normalized spacial score (nSPS) is 14.7. The fourth-order valence-corrected chi connectivity index (χ4v) is 3.80. The quantitative estimate of drug-likeness (QED) is 0.756. The number of para-hydroxylation sites is 1. The van der Waals surface area contributed by atoms with Crippen LogP contribution >= 0.6 is 12.2 Å². The number of fused-ring (bicyclic) bond motifs is 3. The fraction of sp³-hybridized carbons (Fsp3) is 0.286. The van der Waals surface area contributed by atoms with Gasteiger partial charge in [-0.15, -0.1) is 0 Å². The van der Waals surface area contributed by atoms with Crippen LogP contribution in [0.3, 0.4) is 0 Å². The summed E-state index contributed by atoms with van der Waals surface area (Å²) < 4.78 is 14.2. The maximum absolute atomic E-state index is 11.5. The average molecular weight is 305 g/mol. The first-order valence-electron chi connectivity index (χ1n) is 6.36. The molecule has 2 heterocycles. The average Bonchev–Trinajstić information content (AvgIpc) is 2.74. The summed E-state index contributed by atoms with van der Waals surface area (Å²) in [6, 6.07) is 8.06. The van der Waals surface area contributed by atoms with Gasteiger partial charge in [-0.3, -0.25) is 9.19 Å². The molecule has 0 aliphatic carbocycles. The summed E-state index contributed by atoms with van der Waals surface area (Å²) in [5.74, 6) is 0.581. The van der Waals surface area contributed by atoms with Gasteiger partial charge in [0.1, 0.15) is 0 Å². The Labute approximate surface area is 124 Å². The first kappa shape index (κ1) is 13.5. The first-order chi connectivity index (χ1) is 9.58. The lowest BCUT2D eigenvalue weighted by Crippen LogP contribution is -2.13. The van der Waals surface area contributed by atoms with E-state index >= 15 is 0 Å². The largest absolute Gasteiger partial charge is 0.329 e. The topological polar surface area (TPSA) is 50.7 Å². The minimum absolute atomic E-state index is 0.0767. The van der Waals surface area contributed by atoms with Crippen molar-refractivity contribution in [3.63, 3.8) is 0 Å². The highest BCUT2D eigenvalue weighted by atomic mass is 32.2. The lowest BCUT2D eigenvalue weighted by atomic mass is 10.2. The van der Waals surface area contributed by atoms with Gasteiger partial charge in [-0.25, -0.2) is 0 Å². The standard InChI is InChI=1S/C14H15N3OS2/c1-9(8-20(2)18)17-13-10-5-3-4-6-11(10)15-7-12(13)16-14(17)19/h3-7,9H,8H2,1-2H3,(H,16,19). The van der Waals surface area contributed by atoms with Crippen LogP contribution in [-0.4, -0.2) is 30.8 Å². The van der Waals surface area contributed by atoms with Gasteiger partial charge in [-0.05, 0) is 25.2 Å². The van der Waals surface area contributed by atoms with Crippen LogP contribution in [0.25, 0.3) is 21.9 Å². The number of benzene rings is 1. The Morgan fingerprint density at radius 3 is 2.95 bits per heavy atom. The van der Waals surface area contributed by atoms with Gasteiger partial charge >= 0.3 is 0 Å². The van der Waals surface area contributed by atoms with Crippen molar-refractivity contribution >= 4 is 45.0 Å². The Morgan fingerprint density at radius 1 is 1.45 bits per heavy atom. The van der Waals surface area contributed by atoms with Crippen molar-refractivity contribution in [2.75, 3.05) is 12.0 Å². The molecule has 0 bridgehead atoms. The van der Waals surface area contributed by atoms with E-state index in [1.165, 1.54) is 0 Å². The van der Waals surface area contributed by atoms with Crippen LogP contribution in [0.4, 0.5) is 0 Å². The summed E-state index contributed by atoms with van der Waals surface area (Å²) in [5, 5.41) is 1.06. The van der Waals surface area contributed by atoms with E-state index in [0.717, 1.165) is 21.9 Å². The zero-order chi connectivity index (χ0) is 14.3. The van der Waals surface area contributed by atoms with E-state index in [1.54, 1.807) is 12.5 Å². The molecular formula is C14H15N3OS2. The van der Waals surface area contributed by atoms with E-state index in [1.807, 2.05) is 31.2 Å². The number of H-pyrrole nitrogens is 1. The predicted molar refractivity (Wildman–Crippen MR) is 86.1 cm³/mol. The van der Waals surface area contributed by atoms with Crippen molar-refractivity contribution in [3.05, 3.63) is 35.2 Å². The van der Waals surface area contributed by atoms with E-state index in [2.05, 4.69) is 14.5 Å². The molecule has 4 nitrogen and oxygen atoms in total. The molecule has 0 saturated heterocycles. The van der Waals surface area contributed by atoms with E-state index < -0.39 is 10.8 Å². The second kappa shape index (κ2) is 5.10. The molecule has 0 radical (unpaired) electrons. The van der Waals surface area contributed by atoms with Crippen molar-refractivity contribution in [1.29, 1.82) is 0 Å². The SMILES string of the molecule is CC(CS(C)=O)n1c(=S)[nH]c2cnc3ccccc3c21. The number of nitrogens with one attached hydrogen (secondary N) is 1. The van der Waals surface area contributed by atoms with Gasteiger partial charge in [0.15, 0.2) is 4.77 Å². The molecule has 0 saturated carbocycles. The molecule has 0 aliphatic rings. The van der Waals surface area contributed by atoms with E-state index in [4.69, 9.17) is 12.2 Å². The summed E-state index contributed by atoms with van der Waals surface area (Å²) in [4.78, 5) is 7.62. The second-order valence-corrected chi connectivity index (χ2v) is 6.79. The summed E-state index contributed by atoms with van der Waals surface area (Å²) in [6.45, 7) is 2.04. The maximum Gasteiger partial charge on any atom is 0.178 e. The fourth-order valence-electron chi connectivity index (χ4n) is 2.59. The molecule has 0 aliphatic heterocycles. The number of aromatic amines is 1. The molecule has 6 heteroatoms. The third-order valence-electron chi connectivity index (χ3n) is 3.37. The summed E-state index contributed by atoms with van der Waals surface area (Å²) >= 11 is 5.43. The van der Waals surface area contributed by atoms with Crippen LogP contribution < -0.4 is 0 Å². The molecule has 2 aromatic heterocycles. The van der Waals surface area contributed by atoms with E-state index in [-0.39, 0.29) is 6.04 Å². The van der Waals surface area contributed by atoms with Crippen molar-refractivity contribution in [3.8, 4) is 0 Å². The zero-order valence-electron chi connectivity index (χ0n) is 11.3. The molecule has 2 atom stereocenters. The van der Waals surface area contributed by atoms with Gasteiger partial charge in [0, 0.05) is 34.2 Å². The van der Waals surface area contributed by atoms with Crippen molar-refractivity contribution in [1.82, 2.24) is 14.5 Å². The molecule has 0 fully saturated rings. The lowest BCUT2D eigenvalue weighted by molar-refractivity contribution is 0.606. The maximum atomic E-state index is 11.5. The molecule has 3 aromatic rings. The third-order valence-corrected chi connectivity index (χ3v) is 4.62. The minimum Gasteiger partial charge on any atom is -0.329 e. The smallest absolute Gasteiger partial charge is 0.178 e. The van der Waals surface area contributed by atoms with Gasteiger partial charge in [0.25, 0.3) is 0 Å². The molecule has 104 valence electrons. The molecule has 3 rings (SSSR count). The Morgan fingerprint density at radius 2 is 2.20 bits per heavy atom. The van der Waals surface area contributed by atoms with Crippen LogP contribution in [0.5, 0.6) is 0 Å². The molecular weight excluding hydrogens is 290 g/mol. The number of pyridine rings is 1. The second-order valence-electron chi connectivity index (χ2n) is 4.93. The van der Waals surface area contributed by atoms with E-state index in [0.29, 0.717) is 10.5 Å². The third kappa shape index (κ3) is 2.19. The molecule has 20 heavy (non-hydrogen) atoms.